The largest absolute Gasteiger partial charge is 0.408 e. The van der Waals surface area contributed by atoms with E-state index in [4.69, 9.17) is 0 Å². The maximum absolute atomic E-state index is 11.5. The summed E-state index contributed by atoms with van der Waals surface area (Å²) in [6.45, 7) is 0.810. The molecule has 3 nitrogen and oxygen atoms in total. The molecule has 60 valence electrons. The molecule has 0 heterocycles. The second kappa shape index (κ2) is 2.76. The summed E-state index contributed by atoms with van der Waals surface area (Å²) in [7, 11) is 0. The van der Waals surface area contributed by atoms with Gasteiger partial charge in [-0.05, 0) is 6.92 Å². The Bertz CT molecular complexity index is 133. The highest BCUT2D eigenvalue weighted by molar-refractivity contribution is 5.71. The van der Waals surface area contributed by atoms with Gasteiger partial charge in [-0.2, -0.15) is 13.2 Å². The minimum absolute atomic E-state index is 0.810. The second-order valence-corrected chi connectivity index (χ2v) is 1.77. The Labute approximate surface area is 55.4 Å². The van der Waals surface area contributed by atoms with Crippen LogP contribution in [0.15, 0.2) is 0 Å². The van der Waals surface area contributed by atoms with E-state index in [9.17, 15) is 18.0 Å². The molecule has 0 radical (unpaired) electrons. The normalized spacial score (nSPS) is 14.4. The Balaban J connectivity index is 3.85. The number of carbonyl (C=O) groups excluding carboxylic acids is 1. The third-order valence-corrected chi connectivity index (χ3v) is 0.850. The molecule has 0 spiro atoms. The molecule has 0 aromatic rings. The predicted octanol–water partition coefficient (Wildman–Crippen LogP) is 0.606. The van der Waals surface area contributed by atoms with Gasteiger partial charge in [-0.15, -0.1) is 0 Å². The van der Waals surface area contributed by atoms with Gasteiger partial charge >= 0.3 is 12.2 Å². The molecule has 0 saturated carbocycles. The molecular weight excluding hydrogens is 149 g/mol. The SMILES string of the molecule is C[C@@H](NC(N)=O)C(F)(F)F. The van der Waals surface area contributed by atoms with E-state index < -0.39 is 18.2 Å². The van der Waals surface area contributed by atoms with Crippen LogP contribution < -0.4 is 11.1 Å². The molecule has 0 aromatic carbocycles. The van der Waals surface area contributed by atoms with Crippen molar-refractivity contribution in [3.05, 3.63) is 0 Å². The van der Waals surface area contributed by atoms with Crippen molar-refractivity contribution in [2.24, 2.45) is 5.73 Å². The van der Waals surface area contributed by atoms with Gasteiger partial charge in [0.1, 0.15) is 6.04 Å². The lowest BCUT2D eigenvalue weighted by molar-refractivity contribution is -0.148. The van der Waals surface area contributed by atoms with Crippen molar-refractivity contribution in [1.82, 2.24) is 5.32 Å². The van der Waals surface area contributed by atoms with E-state index in [0.717, 1.165) is 6.92 Å². The molecule has 1 atom stereocenters. The zero-order valence-electron chi connectivity index (χ0n) is 5.20. The fraction of sp³-hybridized carbons (Fsp3) is 0.750. The highest BCUT2D eigenvalue weighted by Gasteiger charge is 2.36. The quantitative estimate of drug-likeness (QED) is 0.574. The van der Waals surface area contributed by atoms with Crippen LogP contribution in [0.1, 0.15) is 6.92 Å². The van der Waals surface area contributed by atoms with Crippen molar-refractivity contribution in [2.45, 2.75) is 19.1 Å². The van der Waals surface area contributed by atoms with Gasteiger partial charge in [-0.3, -0.25) is 0 Å². The maximum atomic E-state index is 11.5. The van der Waals surface area contributed by atoms with Crippen LogP contribution in [0.2, 0.25) is 0 Å². The minimum atomic E-state index is -4.42. The number of amides is 2. The first-order valence-electron chi connectivity index (χ1n) is 2.46. The minimum Gasteiger partial charge on any atom is -0.352 e. The maximum Gasteiger partial charge on any atom is 0.408 e. The third-order valence-electron chi connectivity index (χ3n) is 0.850. The van der Waals surface area contributed by atoms with Crippen LogP contribution in [0.5, 0.6) is 0 Å². The summed E-state index contributed by atoms with van der Waals surface area (Å²) in [5, 5.41) is 1.50. The molecule has 0 aliphatic rings. The lowest BCUT2D eigenvalue weighted by Gasteiger charge is -2.14. The van der Waals surface area contributed by atoms with Crippen LogP contribution in [0.4, 0.5) is 18.0 Å². The lowest BCUT2D eigenvalue weighted by atomic mass is 10.3. The van der Waals surface area contributed by atoms with Gasteiger partial charge in [-0.25, -0.2) is 4.79 Å². The first kappa shape index (κ1) is 9.06. The smallest absolute Gasteiger partial charge is 0.352 e. The molecule has 10 heavy (non-hydrogen) atoms. The van der Waals surface area contributed by atoms with Crippen LogP contribution in [0, 0.1) is 0 Å². The molecule has 0 unspecified atom stereocenters. The van der Waals surface area contributed by atoms with Gasteiger partial charge in [0, 0.05) is 0 Å². The highest BCUT2D eigenvalue weighted by Crippen LogP contribution is 2.18. The second-order valence-electron chi connectivity index (χ2n) is 1.77. The number of rotatable bonds is 1. The molecule has 0 aromatic heterocycles. The summed E-state index contributed by atoms with van der Waals surface area (Å²) in [6, 6.07) is -3.06. The summed E-state index contributed by atoms with van der Waals surface area (Å²) in [4.78, 5) is 9.87. The molecule has 0 fully saturated rings. The molecule has 0 saturated heterocycles. The average Bonchev–Trinajstić information content (AvgIpc) is 1.60. The number of urea groups is 1. The molecule has 0 aliphatic carbocycles. The van der Waals surface area contributed by atoms with Gasteiger partial charge in [0.05, 0.1) is 0 Å². The van der Waals surface area contributed by atoms with Crippen molar-refractivity contribution >= 4 is 6.03 Å². The zero-order chi connectivity index (χ0) is 8.36. The van der Waals surface area contributed by atoms with Crippen molar-refractivity contribution in [1.29, 1.82) is 0 Å². The van der Waals surface area contributed by atoms with Crippen LogP contribution in [-0.2, 0) is 0 Å². The lowest BCUT2D eigenvalue weighted by Crippen LogP contribution is -2.45. The van der Waals surface area contributed by atoms with Crippen molar-refractivity contribution in [3.63, 3.8) is 0 Å². The van der Waals surface area contributed by atoms with Crippen LogP contribution >= 0.6 is 0 Å². The number of alkyl halides is 3. The zero-order valence-corrected chi connectivity index (χ0v) is 5.20. The highest BCUT2D eigenvalue weighted by atomic mass is 19.4. The molecule has 6 heteroatoms. The average molecular weight is 156 g/mol. The Morgan fingerprint density at radius 3 is 2.10 bits per heavy atom. The third kappa shape index (κ3) is 3.16. The van der Waals surface area contributed by atoms with E-state index in [1.807, 2.05) is 0 Å². The monoisotopic (exact) mass is 156 g/mol. The Morgan fingerprint density at radius 1 is 1.60 bits per heavy atom. The number of primary amides is 1. The Morgan fingerprint density at radius 2 is 2.00 bits per heavy atom. The van der Waals surface area contributed by atoms with Crippen molar-refractivity contribution in [3.8, 4) is 0 Å². The van der Waals surface area contributed by atoms with E-state index >= 15 is 0 Å². The topological polar surface area (TPSA) is 55.1 Å². The molecule has 0 bridgehead atoms. The summed E-state index contributed by atoms with van der Waals surface area (Å²) in [5.74, 6) is 0. The number of nitrogens with two attached hydrogens (primary N) is 1. The summed E-state index contributed by atoms with van der Waals surface area (Å²) in [5.41, 5.74) is 4.44. The van der Waals surface area contributed by atoms with Gasteiger partial charge in [0.2, 0.25) is 0 Å². The first-order chi connectivity index (χ1) is 4.34. The standard InChI is InChI=1S/C4H7F3N2O/c1-2(4(5,6)7)9-3(8)10/h2H,1H3,(H3,8,9,10)/t2-/m1/s1. The number of carbonyl (C=O) groups is 1. The van der Waals surface area contributed by atoms with Crippen LogP contribution in [0.3, 0.4) is 0 Å². The number of nitrogens with one attached hydrogen (secondary N) is 1. The summed E-state index contributed by atoms with van der Waals surface area (Å²) >= 11 is 0. The van der Waals surface area contributed by atoms with Crippen molar-refractivity contribution in [2.75, 3.05) is 0 Å². The molecule has 0 aliphatic heterocycles. The fourth-order valence-corrected chi connectivity index (χ4v) is 0.295. The summed E-state index contributed by atoms with van der Waals surface area (Å²) in [6.07, 6.45) is -4.42. The van der Waals surface area contributed by atoms with Crippen LogP contribution in [-0.4, -0.2) is 18.2 Å². The van der Waals surface area contributed by atoms with E-state index in [2.05, 4.69) is 5.73 Å². The van der Waals surface area contributed by atoms with Gasteiger partial charge < -0.3 is 11.1 Å². The summed E-state index contributed by atoms with van der Waals surface area (Å²) < 4.78 is 34.6. The van der Waals surface area contributed by atoms with E-state index in [1.54, 1.807) is 0 Å². The van der Waals surface area contributed by atoms with Gasteiger partial charge in [-0.1, -0.05) is 0 Å². The molecule has 3 N–H and O–H groups in total. The Kier molecular flexibility index (Phi) is 2.50. The molecule has 0 rings (SSSR count). The molecule has 2 amide bonds. The Hall–Kier alpha value is -0.940. The molecular formula is C4H7F3N2O. The van der Waals surface area contributed by atoms with Gasteiger partial charge in [0.25, 0.3) is 0 Å². The first-order valence-corrected chi connectivity index (χ1v) is 2.46. The fourth-order valence-electron chi connectivity index (χ4n) is 0.295. The van der Waals surface area contributed by atoms with E-state index in [1.165, 1.54) is 5.32 Å². The number of hydrogen-bond donors (Lipinski definition) is 2. The number of hydrogen-bond acceptors (Lipinski definition) is 1. The van der Waals surface area contributed by atoms with E-state index in [0.29, 0.717) is 0 Å². The van der Waals surface area contributed by atoms with Crippen LogP contribution in [0.25, 0.3) is 0 Å². The van der Waals surface area contributed by atoms with Crippen molar-refractivity contribution < 1.29 is 18.0 Å². The number of halogens is 3. The predicted molar refractivity (Wildman–Crippen MR) is 28.2 cm³/mol. The van der Waals surface area contributed by atoms with Gasteiger partial charge in [0.15, 0.2) is 0 Å². The van der Waals surface area contributed by atoms with E-state index in [-0.39, 0.29) is 0 Å².